The molecule has 0 spiro atoms. The lowest BCUT2D eigenvalue weighted by molar-refractivity contribution is 0.289. The molecule has 0 aliphatic carbocycles. The summed E-state index contributed by atoms with van der Waals surface area (Å²) in [5.41, 5.74) is 0. The smallest absolute Gasteiger partial charge is 0.212 e. The molecule has 0 aromatic heterocycles. The lowest BCUT2D eigenvalue weighted by atomic mass is 10.4. The number of hydrogen-bond donors (Lipinski definition) is 0. The van der Waals surface area contributed by atoms with E-state index in [9.17, 15) is 0 Å². The Morgan fingerprint density at radius 2 is 2.20 bits per heavy atom. The minimum Gasteiger partial charge on any atom is -0.481 e. The number of ether oxygens (including phenoxy) is 1. The fraction of sp³-hybridized carbons (Fsp3) is 0.125. The van der Waals surface area contributed by atoms with E-state index in [-0.39, 0.29) is 0 Å². The van der Waals surface area contributed by atoms with E-state index in [0.717, 1.165) is 0 Å². The van der Waals surface area contributed by atoms with E-state index in [1.165, 1.54) is 0 Å². The second kappa shape index (κ2) is 5.82. The normalized spacial score (nSPS) is 11.5. The highest BCUT2D eigenvalue weighted by molar-refractivity contribution is 5.28. The first-order chi connectivity index (χ1) is 4.85. The predicted molar refractivity (Wildman–Crippen MR) is 44.0 cm³/mol. The van der Waals surface area contributed by atoms with Crippen LogP contribution in [-0.2, 0) is 4.74 Å². The first-order valence-electron chi connectivity index (χ1n) is 2.85. The Kier molecular flexibility index (Phi) is 5.06. The van der Waals surface area contributed by atoms with Crippen molar-refractivity contribution in [1.82, 2.24) is 0 Å². The molecule has 0 heterocycles. The van der Waals surface area contributed by atoms with Gasteiger partial charge in [-0.3, -0.25) is 0 Å². The average molecular weight is 137 g/mol. The summed E-state index contributed by atoms with van der Waals surface area (Å²) in [5.74, 6) is 0.498. The summed E-state index contributed by atoms with van der Waals surface area (Å²) in [6, 6.07) is 0. The Morgan fingerprint density at radius 1 is 1.50 bits per heavy atom. The molecule has 0 bridgehead atoms. The molecule has 0 radical (unpaired) electrons. The molecule has 0 aromatic carbocycles. The summed E-state index contributed by atoms with van der Waals surface area (Å²) >= 11 is 0. The van der Waals surface area contributed by atoms with Crippen molar-refractivity contribution in [1.29, 1.82) is 0 Å². The molecule has 10 heavy (non-hydrogen) atoms. The zero-order chi connectivity index (χ0) is 7.82. The van der Waals surface area contributed by atoms with Crippen LogP contribution in [0.1, 0.15) is 0 Å². The standard InChI is InChI=1S/C8H11NO/c1-4-5-6-7-8(9-2)10-3/h4-7H,1-2H2,3H3/b6-5-,8-7-. The third-order valence-corrected chi connectivity index (χ3v) is 0.851. The van der Waals surface area contributed by atoms with Crippen LogP contribution in [0.4, 0.5) is 0 Å². The summed E-state index contributed by atoms with van der Waals surface area (Å²) in [7, 11) is 1.54. The molecular weight excluding hydrogens is 126 g/mol. The zero-order valence-corrected chi connectivity index (χ0v) is 6.08. The highest BCUT2D eigenvalue weighted by Crippen LogP contribution is 1.94. The quantitative estimate of drug-likeness (QED) is 0.329. The first kappa shape index (κ1) is 8.69. The number of allylic oxidation sites excluding steroid dienone is 4. The van der Waals surface area contributed by atoms with Gasteiger partial charge >= 0.3 is 0 Å². The summed E-state index contributed by atoms with van der Waals surface area (Å²) in [5, 5.41) is 0. The molecule has 0 aliphatic heterocycles. The fourth-order valence-electron chi connectivity index (χ4n) is 0.402. The maximum atomic E-state index is 4.79. The molecule has 0 saturated heterocycles. The molecule has 0 atom stereocenters. The van der Waals surface area contributed by atoms with Crippen LogP contribution in [0.3, 0.4) is 0 Å². The molecule has 0 unspecified atom stereocenters. The van der Waals surface area contributed by atoms with Crippen LogP contribution in [0.2, 0.25) is 0 Å². The van der Waals surface area contributed by atoms with E-state index < -0.39 is 0 Å². The monoisotopic (exact) mass is 137 g/mol. The van der Waals surface area contributed by atoms with Gasteiger partial charge in [0.2, 0.25) is 5.88 Å². The Labute approximate surface area is 61.2 Å². The van der Waals surface area contributed by atoms with Gasteiger partial charge in [0.15, 0.2) is 0 Å². The number of hydrogen-bond acceptors (Lipinski definition) is 2. The van der Waals surface area contributed by atoms with Crippen molar-refractivity contribution in [3.63, 3.8) is 0 Å². The van der Waals surface area contributed by atoms with Gasteiger partial charge in [-0.05, 0) is 6.72 Å². The van der Waals surface area contributed by atoms with Gasteiger partial charge in [0.25, 0.3) is 0 Å². The summed E-state index contributed by atoms with van der Waals surface area (Å²) in [6.07, 6.45) is 6.94. The second-order valence-corrected chi connectivity index (χ2v) is 1.49. The highest BCUT2D eigenvalue weighted by atomic mass is 16.5. The Bertz CT molecular complexity index is 168. The van der Waals surface area contributed by atoms with Gasteiger partial charge in [0.05, 0.1) is 7.11 Å². The molecule has 0 aromatic rings. The zero-order valence-electron chi connectivity index (χ0n) is 6.08. The maximum Gasteiger partial charge on any atom is 0.212 e. The van der Waals surface area contributed by atoms with E-state index in [0.29, 0.717) is 5.88 Å². The van der Waals surface area contributed by atoms with Gasteiger partial charge in [-0.25, -0.2) is 4.99 Å². The minimum atomic E-state index is 0.498. The van der Waals surface area contributed by atoms with Crippen molar-refractivity contribution < 1.29 is 4.74 Å². The van der Waals surface area contributed by atoms with E-state index in [1.54, 1.807) is 31.4 Å². The van der Waals surface area contributed by atoms with Gasteiger partial charge in [-0.2, -0.15) is 0 Å². The molecule has 0 N–H and O–H groups in total. The van der Waals surface area contributed by atoms with Crippen molar-refractivity contribution in [2.45, 2.75) is 0 Å². The molecule has 0 aliphatic rings. The molecule has 0 rings (SSSR count). The highest BCUT2D eigenvalue weighted by Gasteiger charge is 1.81. The summed E-state index contributed by atoms with van der Waals surface area (Å²) in [4.78, 5) is 3.58. The van der Waals surface area contributed by atoms with Crippen LogP contribution in [0.5, 0.6) is 0 Å². The van der Waals surface area contributed by atoms with Crippen LogP contribution in [0.15, 0.2) is 41.8 Å². The van der Waals surface area contributed by atoms with Crippen LogP contribution < -0.4 is 0 Å². The van der Waals surface area contributed by atoms with Crippen molar-refractivity contribution in [3.05, 3.63) is 36.8 Å². The molecule has 54 valence electrons. The maximum absolute atomic E-state index is 4.79. The molecule has 0 saturated carbocycles. The molecule has 0 amide bonds. The number of aliphatic imine (C=N–C) groups is 1. The van der Waals surface area contributed by atoms with E-state index in [2.05, 4.69) is 18.3 Å². The number of methoxy groups -OCH3 is 1. The third kappa shape index (κ3) is 3.66. The topological polar surface area (TPSA) is 21.6 Å². The molecule has 2 nitrogen and oxygen atoms in total. The van der Waals surface area contributed by atoms with Crippen LogP contribution in [-0.4, -0.2) is 13.8 Å². The lowest BCUT2D eigenvalue weighted by Crippen LogP contribution is -1.78. The fourth-order valence-corrected chi connectivity index (χ4v) is 0.402. The Balaban J connectivity index is 3.97. The first-order valence-corrected chi connectivity index (χ1v) is 2.85. The number of rotatable bonds is 4. The largest absolute Gasteiger partial charge is 0.481 e. The lowest BCUT2D eigenvalue weighted by Gasteiger charge is -1.93. The Hall–Kier alpha value is -1.31. The molecular formula is C8H11NO. The van der Waals surface area contributed by atoms with E-state index in [1.807, 2.05) is 0 Å². The molecule has 2 heteroatoms. The minimum absolute atomic E-state index is 0.498. The van der Waals surface area contributed by atoms with Crippen molar-refractivity contribution in [2.75, 3.05) is 7.11 Å². The van der Waals surface area contributed by atoms with Crippen molar-refractivity contribution in [3.8, 4) is 0 Å². The van der Waals surface area contributed by atoms with E-state index in [4.69, 9.17) is 4.74 Å². The third-order valence-electron chi connectivity index (χ3n) is 0.851. The van der Waals surface area contributed by atoms with Gasteiger partial charge in [-0.15, -0.1) is 0 Å². The van der Waals surface area contributed by atoms with Crippen molar-refractivity contribution >= 4 is 6.72 Å². The average Bonchev–Trinajstić information content (AvgIpc) is 1.99. The van der Waals surface area contributed by atoms with Crippen LogP contribution in [0, 0.1) is 0 Å². The van der Waals surface area contributed by atoms with Gasteiger partial charge in [0, 0.05) is 6.08 Å². The van der Waals surface area contributed by atoms with Gasteiger partial charge < -0.3 is 4.74 Å². The van der Waals surface area contributed by atoms with Crippen LogP contribution >= 0.6 is 0 Å². The van der Waals surface area contributed by atoms with E-state index >= 15 is 0 Å². The predicted octanol–water partition coefficient (Wildman–Crippen LogP) is 1.92. The summed E-state index contributed by atoms with van der Waals surface area (Å²) < 4.78 is 4.79. The van der Waals surface area contributed by atoms with Crippen LogP contribution in [0.25, 0.3) is 0 Å². The summed E-state index contributed by atoms with van der Waals surface area (Å²) in [6.45, 7) is 6.81. The van der Waals surface area contributed by atoms with Gasteiger partial charge in [-0.1, -0.05) is 24.8 Å². The van der Waals surface area contributed by atoms with Gasteiger partial charge in [0.1, 0.15) is 0 Å². The SMILES string of the molecule is C=C/C=C\C=C(\N=C)OC. The Morgan fingerprint density at radius 3 is 2.60 bits per heavy atom. The van der Waals surface area contributed by atoms with Crippen molar-refractivity contribution in [2.24, 2.45) is 4.99 Å². The number of nitrogens with zero attached hydrogens (tertiary/aromatic N) is 1. The second-order valence-electron chi connectivity index (χ2n) is 1.49. The molecule has 0 fully saturated rings.